The summed E-state index contributed by atoms with van der Waals surface area (Å²) in [6.45, 7) is 0. The summed E-state index contributed by atoms with van der Waals surface area (Å²) >= 11 is 17.9. The molecule has 2 rings (SSSR count). The Bertz CT molecular complexity index is 497. The van der Waals surface area contributed by atoms with E-state index >= 15 is 0 Å². The van der Waals surface area contributed by atoms with Crippen LogP contribution in [0.3, 0.4) is 0 Å². The Kier molecular flexibility index (Phi) is 3.15. The van der Waals surface area contributed by atoms with Crippen molar-refractivity contribution in [1.82, 2.24) is 4.98 Å². The van der Waals surface area contributed by atoms with Gasteiger partial charge in [-0.3, -0.25) is 4.98 Å². The minimum absolute atomic E-state index is 0.545. The van der Waals surface area contributed by atoms with Gasteiger partial charge in [-0.2, -0.15) is 0 Å². The van der Waals surface area contributed by atoms with E-state index in [4.69, 9.17) is 34.8 Å². The van der Waals surface area contributed by atoms with E-state index < -0.39 is 0 Å². The number of hydrogen-bond donors (Lipinski definition) is 0. The molecule has 0 radical (unpaired) electrons. The van der Waals surface area contributed by atoms with Crippen LogP contribution in [0.2, 0.25) is 15.1 Å². The van der Waals surface area contributed by atoms with Crippen molar-refractivity contribution in [3.05, 3.63) is 51.6 Å². The number of benzene rings is 1. The van der Waals surface area contributed by atoms with Crippen molar-refractivity contribution in [2.24, 2.45) is 0 Å². The van der Waals surface area contributed by atoms with Crippen molar-refractivity contribution in [3.63, 3.8) is 0 Å². The molecule has 15 heavy (non-hydrogen) atoms. The molecule has 1 heterocycles. The van der Waals surface area contributed by atoms with Gasteiger partial charge in [0, 0.05) is 16.8 Å². The van der Waals surface area contributed by atoms with E-state index in [0.29, 0.717) is 20.8 Å². The molecule has 0 aliphatic heterocycles. The van der Waals surface area contributed by atoms with Gasteiger partial charge in [0.25, 0.3) is 0 Å². The average molecular weight is 259 g/mol. The van der Waals surface area contributed by atoms with Crippen LogP contribution in [0, 0.1) is 0 Å². The fourth-order valence-corrected chi connectivity index (χ4v) is 1.99. The summed E-state index contributed by atoms with van der Waals surface area (Å²) in [5.41, 5.74) is 1.45. The first-order valence-electron chi connectivity index (χ1n) is 4.24. The maximum atomic E-state index is 6.05. The highest BCUT2D eigenvalue weighted by atomic mass is 35.5. The predicted molar refractivity (Wildman–Crippen MR) is 64.7 cm³/mol. The number of aromatic nitrogens is 1. The van der Waals surface area contributed by atoms with Gasteiger partial charge in [0.05, 0.1) is 15.7 Å². The van der Waals surface area contributed by atoms with Gasteiger partial charge in [-0.1, -0.05) is 34.8 Å². The Morgan fingerprint density at radius 3 is 2.40 bits per heavy atom. The molecular formula is C11H6Cl3N. The molecule has 76 valence electrons. The summed E-state index contributed by atoms with van der Waals surface area (Å²) < 4.78 is 0. The number of nitrogens with zero attached hydrogens (tertiary/aromatic N) is 1. The topological polar surface area (TPSA) is 12.9 Å². The lowest BCUT2D eigenvalue weighted by Crippen LogP contribution is -1.85. The van der Waals surface area contributed by atoms with E-state index in [1.54, 1.807) is 36.5 Å². The number of halogens is 3. The first-order valence-corrected chi connectivity index (χ1v) is 5.38. The van der Waals surface area contributed by atoms with Gasteiger partial charge in [0.2, 0.25) is 0 Å². The molecule has 0 unspecified atom stereocenters. The zero-order valence-corrected chi connectivity index (χ0v) is 9.81. The van der Waals surface area contributed by atoms with Crippen LogP contribution in [-0.4, -0.2) is 4.98 Å². The quantitative estimate of drug-likeness (QED) is 0.722. The van der Waals surface area contributed by atoms with Gasteiger partial charge in [0.15, 0.2) is 0 Å². The molecule has 0 N–H and O–H groups in total. The zero-order valence-electron chi connectivity index (χ0n) is 7.55. The highest BCUT2D eigenvalue weighted by Crippen LogP contribution is 2.32. The first kappa shape index (κ1) is 10.7. The third-order valence-electron chi connectivity index (χ3n) is 1.94. The molecule has 0 atom stereocenters. The number of pyridine rings is 1. The van der Waals surface area contributed by atoms with Crippen molar-refractivity contribution >= 4 is 34.8 Å². The molecule has 1 aromatic carbocycles. The predicted octanol–water partition coefficient (Wildman–Crippen LogP) is 4.71. The molecule has 0 saturated heterocycles. The summed E-state index contributed by atoms with van der Waals surface area (Å²) in [5.74, 6) is 0. The summed E-state index contributed by atoms with van der Waals surface area (Å²) in [6.07, 6.45) is 1.67. The molecular weight excluding hydrogens is 252 g/mol. The van der Waals surface area contributed by atoms with Gasteiger partial charge in [0.1, 0.15) is 0 Å². The Labute approximate surface area is 103 Å². The Morgan fingerprint density at radius 2 is 1.73 bits per heavy atom. The minimum Gasteiger partial charge on any atom is -0.255 e. The maximum absolute atomic E-state index is 6.05. The third kappa shape index (κ3) is 2.25. The Balaban J connectivity index is 2.60. The van der Waals surface area contributed by atoms with Crippen molar-refractivity contribution in [2.75, 3.05) is 0 Å². The molecule has 1 nitrogen and oxygen atoms in total. The standard InChI is InChI=1S/C11H6Cl3N/c12-7-3-4-8(10(14)6-7)11-9(13)2-1-5-15-11/h1-6H. The molecule has 2 aromatic rings. The zero-order chi connectivity index (χ0) is 10.8. The number of hydrogen-bond acceptors (Lipinski definition) is 1. The van der Waals surface area contributed by atoms with Crippen LogP contribution < -0.4 is 0 Å². The van der Waals surface area contributed by atoms with E-state index in [9.17, 15) is 0 Å². The van der Waals surface area contributed by atoms with E-state index in [-0.39, 0.29) is 0 Å². The van der Waals surface area contributed by atoms with Crippen molar-refractivity contribution in [3.8, 4) is 11.3 Å². The van der Waals surface area contributed by atoms with Crippen LogP contribution in [-0.2, 0) is 0 Å². The largest absolute Gasteiger partial charge is 0.255 e. The van der Waals surface area contributed by atoms with Crippen LogP contribution in [0.1, 0.15) is 0 Å². The van der Waals surface area contributed by atoms with Crippen LogP contribution in [0.5, 0.6) is 0 Å². The summed E-state index contributed by atoms with van der Waals surface area (Å²) in [7, 11) is 0. The minimum atomic E-state index is 0.545. The molecule has 4 heteroatoms. The number of rotatable bonds is 1. The summed E-state index contributed by atoms with van der Waals surface area (Å²) in [4.78, 5) is 4.18. The Hall–Kier alpha value is -0.760. The van der Waals surface area contributed by atoms with Crippen LogP contribution in [0.25, 0.3) is 11.3 Å². The first-order chi connectivity index (χ1) is 7.18. The molecule has 0 aliphatic carbocycles. The molecule has 0 saturated carbocycles. The second-order valence-electron chi connectivity index (χ2n) is 2.96. The summed E-state index contributed by atoms with van der Waals surface area (Å²) in [5, 5.41) is 1.71. The van der Waals surface area contributed by atoms with Gasteiger partial charge in [-0.05, 0) is 30.3 Å². The highest BCUT2D eigenvalue weighted by molar-refractivity contribution is 6.37. The second-order valence-corrected chi connectivity index (χ2v) is 4.21. The fraction of sp³-hybridized carbons (Fsp3) is 0. The molecule has 0 fully saturated rings. The van der Waals surface area contributed by atoms with Crippen molar-refractivity contribution in [1.29, 1.82) is 0 Å². The van der Waals surface area contributed by atoms with Gasteiger partial charge in [-0.15, -0.1) is 0 Å². The van der Waals surface area contributed by atoms with E-state index in [2.05, 4.69) is 4.98 Å². The van der Waals surface area contributed by atoms with Crippen molar-refractivity contribution in [2.45, 2.75) is 0 Å². The van der Waals surface area contributed by atoms with Crippen LogP contribution >= 0.6 is 34.8 Å². The molecule has 0 aliphatic rings. The van der Waals surface area contributed by atoms with Gasteiger partial charge >= 0.3 is 0 Å². The lowest BCUT2D eigenvalue weighted by molar-refractivity contribution is 1.33. The molecule has 0 bridgehead atoms. The van der Waals surface area contributed by atoms with E-state index in [1.807, 2.05) is 0 Å². The SMILES string of the molecule is Clc1ccc(-c2ncccc2Cl)c(Cl)c1. The average Bonchev–Trinajstić information content (AvgIpc) is 2.20. The maximum Gasteiger partial charge on any atom is 0.0903 e. The lowest BCUT2D eigenvalue weighted by atomic mass is 10.1. The highest BCUT2D eigenvalue weighted by Gasteiger charge is 2.08. The van der Waals surface area contributed by atoms with E-state index in [0.717, 1.165) is 5.56 Å². The van der Waals surface area contributed by atoms with Gasteiger partial charge in [-0.25, -0.2) is 0 Å². The smallest absolute Gasteiger partial charge is 0.0903 e. The van der Waals surface area contributed by atoms with Crippen LogP contribution in [0.15, 0.2) is 36.5 Å². The molecule has 0 spiro atoms. The molecule has 1 aromatic heterocycles. The van der Waals surface area contributed by atoms with Crippen molar-refractivity contribution < 1.29 is 0 Å². The van der Waals surface area contributed by atoms with E-state index in [1.165, 1.54) is 0 Å². The van der Waals surface area contributed by atoms with Crippen LogP contribution in [0.4, 0.5) is 0 Å². The lowest BCUT2D eigenvalue weighted by Gasteiger charge is -2.05. The fourth-order valence-electron chi connectivity index (χ4n) is 1.27. The van der Waals surface area contributed by atoms with Gasteiger partial charge < -0.3 is 0 Å². The monoisotopic (exact) mass is 257 g/mol. The normalized spacial score (nSPS) is 10.3. The Morgan fingerprint density at radius 1 is 0.933 bits per heavy atom. The third-order valence-corrected chi connectivity index (χ3v) is 2.80. The summed E-state index contributed by atoms with van der Waals surface area (Å²) in [6, 6.07) is 8.78. The second kappa shape index (κ2) is 4.40. The molecule has 0 amide bonds.